The fourth-order valence-electron chi connectivity index (χ4n) is 4.10. The number of carbonyl (C=O) groups excluding carboxylic acids is 1. The number of benzene rings is 1. The number of rotatable bonds is 4. The molecule has 7 heteroatoms. The molecule has 1 saturated heterocycles. The van der Waals surface area contributed by atoms with E-state index in [0.29, 0.717) is 12.2 Å². The number of nitro benzene ring substituents is 1. The molecule has 0 bridgehead atoms. The normalized spacial score (nSPS) is 26.5. The van der Waals surface area contributed by atoms with E-state index < -0.39 is 4.92 Å². The molecule has 130 valence electrons. The van der Waals surface area contributed by atoms with Crippen LogP contribution in [0, 0.1) is 22.0 Å². The van der Waals surface area contributed by atoms with E-state index in [-0.39, 0.29) is 16.6 Å². The Morgan fingerprint density at radius 1 is 1.29 bits per heavy atom. The highest BCUT2D eigenvalue weighted by Gasteiger charge is 2.34. The van der Waals surface area contributed by atoms with E-state index in [4.69, 9.17) is 11.6 Å². The summed E-state index contributed by atoms with van der Waals surface area (Å²) in [6.45, 7) is 2.55. The fourth-order valence-corrected chi connectivity index (χ4v) is 4.32. The predicted octanol–water partition coefficient (Wildman–Crippen LogP) is 2.28. The Morgan fingerprint density at radius 2 is 2.04 bits per heavy atom. The molecule has 3 rings (SSSR count). The van der Waals surface area contributed by atoms with Gasteiger partial charge in [-0.15, -0.1) is 0 Å². The number of fused-ring (bicyclic) bond motifs is 1. The third kappa shape index (κ3) is 4.05. The van der Waals surface area contributed by atoms with E-state index >= 15 is 0 Å². The molecular weight excluding hydrogens is 330 g/mol. The molecule has 0 radical (unpaired) electrons. The maximum atomic E-state index is 12.3. The van der Waals surface area contributed by atoms with Gasteiger partial charge in [0.15, 0.2) is 6.54 Å². The second kappa shape index (κ2) is 7.49. The van der Waals surface area contributed by atoms with Gasteiger partial charge in [-0.25, -0.2) is 0 Å². The molecule has 1 saturated carbocycles. The molecule has 2 N–H and O–H groups in total. The van der Waals surface area contributed by atoms with Crippen molar-refractivity contribution in [2.45, 2.75) is 32.1 Å². The molecule has 1 heterocycles. The minimum Gasteiger partial charge on any atom is -0.327 e. The molecule has 1 aliphatic carbocycles. The largest absolute Gasteiger partial charge is 0.327 e. The number of hydrogen-bond acceptors (Lipinski definition) is 3. The van der Waals surface area contributed by atoms with Crippen LogP contribution in [-0.4, -0.2) is 30.5 Å². The number of likely N-dealkylation sites (tertiary alicyclic amines) is 1. The summed E-state index contributed by atoms with van der Waals surface area (Å²) in [4.78, 5) is 23.8. The van der Waals surface area contributed by atoms with E-state index in [1.54, 1.807) is 0 Å². The SMILES string of the molecule is O=C(C[NH+]1CC[C@H]2CCCC[C@@H]2C1)Nc1ccc([N+](=O)[O-])cc1Cl. The number of piperidine rings is 1. The molecule has 2 fully saturated rings. The molecule has 1 aliphatic heterocycles. The molecule has 0 spiro atoms. The molecule has 3 atom stereocenters. The van der Waals surface area contributed by atoms with Gasteiger partial charge in [0.05, 0.1) is 28.7 Å². The summed E-state index contributed by atoms with van der Waals surface area (Å²) in [5.74, 6) is 1.53. The lowest BCUT2D eigenvalue weighted by atomic mass is 9.75. The molecule has 1 aromatic rings. The lowest BCUT2D eigenvalue weighted by molar-refractivity contribution is -0.902. The van der Waals surface area contributed by atoms with E-state index in [1.165, 1.54) is 55.2 Å². The number of nitrogens with zero attached hydrogens (tertiary/aromatic N) is 1. The summed E-state index contributed by atoms with van der Waals surface area (Å²) >= 11 is 6.03. The summed E-state index contributed by atoms with van der Waals surface area (Å²) in [5.41, 5.74) is 0.349. The number of hydrogen-bond donors (Lipinski definition) is 2. The van der Waals surface area contributed by atoms with Gasteiger partial charge >= 0.3 is 0 Å². The number of nitrogens with one attached hydrogen (secondary N) is 2. The minimum absolute atomic E-state index is 0.0806. The van der Waals surface area contributed by atoms with Gasteiger partial charge in [-0.05, 0) is 31.2 Å². The van der Waals surface area contributed by atoms with Crippen molar-refractivity contribution in [3.8, 4) is 0 Å². The monoisotopic (exact) mass is 352 g/mol. The van der Waals surface area contributed by atoms with Crippen LogP contribution in [0.25, 0.3) is 0 Å². The summed E-state index contributed by atoms with van der Waals surface area (Å²) in [6.07, 6.45) is 6.53. The fraction of sp³-hybridized carbons (Fsp3) is 0.588. The molecular formula is C17H23ClN3O3+. The third-order valence-corrected chi connectivity index (χ3v) is 5.65. The molecule has 1 aromatic carbocycles. The Labute approximate surface area is 146 Å². The first-order valence-electron chi connectivity index (χ1n) is 8.60. The third-order valence-electron chi connectivity index (χ3n) is 5.33. The van der Waals surface area contributed by atoms with Gasteiger partial charge in [0.1, 0.15) is 0 Å². The van der Waals surface area contributed by atoms with Crippen molar-refractivity contribution in [3.63, 3.8) is 0 Å². The molecule has 6 nitrogen and oxygen atoms in total. The zero-order valence-corrected chi connectivity index (χ0v) is 14.3. The van der Waals surface area contributed by atoms with Gasteiger partial charge in [0, 0.05) is 18.1 Å². The number of non-ortho nitro benzene ring substituents is 1. The Morgan fingerprint density at radius 3 is 2.75 bits per heavy atom. The Kier molecular flexibility index (Phi) is 5.36. The maximum absolute atomic E-state index is 12.3. The maximum Gasteiger partial charge on any atom is 0.279 e. The molecule has 2 aliphatic rings. The standard InChI is InChI=1S/C17H22ClN3O3/c18-15-9-14(21(23)24)5-6-16(15)19-17(22)11-20-8-7-12-3-1-2-4-13(12)10-20/h5-6,9,12-13H,1-4,7-8,10-11H2,(H,19,22)/p+1/t12-,13-/m1/s1. The zero-order chi connectivity index (χ0) is 17.1. The smallest absolute Gasteiger partial charge is 0.279 e. The second-order valence-corrected chi connectivity index (χ2v) is 7.35. The van der Waals surface area contributed by atoms with Gasteiger partial charge < -0.3 is 10.2 Å². The first kappa shape index (κ1) is 17.2. The molecule has 0 aromatic heterocycles. The minimum atomic E-state index is -0.504. The first-order chi connectivity index (χ1) is 11.5. The summed E-state index contributed by atoms with van der Waals surface area (Å²) in [7, 11) is 0. The number of halogens is 1. The van der Waals surface area contributed by atoms with Crippen LogP contribution in [0.2, 0.25) is 5.02 Å². The molecule has 1 unspecified atom stereocenters. The first-order valence-corrected chi connectivity index (χ1v) is 8.98. The van der Waals surface area contributed by atoms with Gasteiger partial charge in [-0.1, -0.05) is 24.4 Å². The topological polar surface area (TPSA) is 76.7 Å². The Hall–Kier alpha value is -1.66. The van der Waals surface area contributed by atoms with E-state index in [0.717, 1.165) is 24.9 Å². The van der Waals surface area contributed by atoms with Crippen LogP contribution < -0.4 is 10.2 Å². The molecule has 1 amide bonds. The van der Waals surface area contributed by atoms with Crippen molar-refractivity contribution in [3.05, 3.63) is 33.3 Å². The van der Waals surface area contributed by atoms with Crippen molar-refractivity contribution in [2.24, 2.45) is 11.8 Å². The lowest BCUT2D eigenvalue weighted by Gasteiger charge is -2.38. The highest BCUT2D eigenvalue weighted by Crippen LogP contribution is 2.32. The average molecular weight is 353 g/mol. The average Bonchev–Trinajstić information content (AvgIpc) is 2.56. The highest BCUT2D eigenvalue weighted by molar-refractivity contribution is 6.33. The molecule has 24 heavy (non-hydrogen) atoms. The number of anilines is 1. The second-order valence-electron chi connectivity index (χ2n) is 6.94. The van der Waals surface area contributed by atoms with Crippen LogP contribution in [0.1, 0.15) is 32.1 Å². The van der Waals surface area contributed by atoms with Crippen molar-refractivity contribution >= 4 is 28.9 Å². The Balaban J connectivity index is 1.55. The van der Waals surface area contributed by atoms with Crippen LogP contribution in [0.4, 0.5) is 11.4 Å². The van der Waals surface area contributed by atoms with E-state index in [1.807, 2.05) is 0 Å². The van der Waals surface area contributed by atoms with Crippen molar-refractivity contribution in [2.75, 3.05) is 25.0 Å². The zero-order valence-electron chi connectivity index (χ0n) is 13.6. The lowest BCUT2D eigenvalue weighted by Crippen LogP contribution is -3.15. The van der Waals surface area contributed by atoms with Gasteiger partial charge in [0.25, 0.3) is 11.6 Å². The summed E-state index contributed by atoms with van der Waals surface area (Å²) in [6, 6.07) is 4.10. The van der Waals surface area contributed by atoms with Gasteiger partial charge in [-0.2, -0.15) is 0 Å². The van der Waals surface area contributed by atoms with Crippen molar-refractivity contribution < 1.29 is 14.6 Å². The van der Waals surface area contributed by atoms with E-state index in [9.17, 15) is 14.9 Å². The number of carbonyl (C=O) groups is 1. The van der Waals surface area contributed by atoms with Crippen LogP contribution in [-0.2, 0) is 4.79 Å². The Bertz CT molecular complexity index is 638. The van der Waals surface area contributed by atoms with Crippen LogP contribution in [0.15, 0.2) is 18.2 Å². The van der Waals surface area contributed by atoms with Crippen LogP contribution in [0.3, 0.4) is 0 Å². The summed E-state index contributed by atoms with van der Waals surface area (Å²) < 4.78 is 0. The van der Waals surface area contributed by atoms with Crippen molar-refractivity contribution in [1.82, 2.24) is 0 Å². The number of amides is 1. The number of quaternary nitrogens is 1. The number of nitro groups is 1. The van der Waals surface area contributed by atoms with Gasteiger partial charge in [0.2, 0.25) is 0 Å². The van der Waals surface area contributed by atoms with Crippen LogP contribution >= 0.6 is 11.6 Å². The van der Waals surface area contributed by atoms with Crippen molar-refractivity contribution in [1.29, 1.82) is 0 Å². The highest BCUT2D eigenvalue weighted by atomic mass is 35.5. The summed E-state index contributed by atoms with van der Waals surface area (Å²) in [5, 5.41) is 13.7. The van der Waals surface area contributed by atoms with Gasteiger partial charge in [-0.3, -0.25) is 14.9 Å². The predicted molar refractivity (Wildman–Crippen MR) is 92.4 cm³/mol. The van der Waals surface area contributed by atoms with E-state index in [2.05, 4.69) is 5.32 Å². The van der Waals surface area contributed by atoms with Crippen LogP contribution in [0.5, 0.6) is 0 Å². The quantitative estimate of drug-likeness (QED) is 0.644.